The second kappa shape index (κ2) is 9.19. The quantitative estimate of drug-likeness (QED) is 0.582. The smallest absolute Gasteiger partial charge is 0.293 e. The molecule has 0 atom stereocenters. The molecule has 3 amide bonds. The highest BCUT2D eigenvalue weighted by Crippen LogP contribution is 2.31. The van der Waals surface area contributed by atoms with Crippen molar-refractivity contribution in [2.45, 2.75) is 13.5 Å². The van der Waals surface area contributed by atoms with E-state index in [-0.39, 0.29) is 36.3 Å². The molecule has 32 heavy (non-hydrogen) atoms. The van der Waals surface area contributed by atoms with Crippen molar-refractivity contribution in [2.24, 2.45) is 0 Å². The summed E-state index contributed by atoms with van der Waals surface area (Å²) in [5.74, 6) is -0.795. The van der Waals surface area contributed by atoms with E-state index in [1.165, 1.54) is 10.9 Å². The Hall–Kier alpha value is -3.72. The van der Waals surface area contributed by atoms with Crippen molar-refractivity contribution >= 4 is 45.8 Å². The summed E-state index contributed by atoms with van der Waals surface area (Å²) in [5.41, 5.74) is 2.20. The number of nitrogens with one attached hydrogen (secondary N) is 1. The molecule has 0 saturated carbocycles. The maximum atomic E-state index is 12.6. The van der Waals surface area contributed by atoms with Gasteiger partial charge in [-0.25, -0.2) is 4.98 Å². The Kier molecular flexibility index (Phi) is 6.18. The van der Waals surface area contributed by atoms with E-state index in [4.69, 9.17) is 0 Å². The number of thioether (sulfide) groups is 1. The van der Waals surface area contributed by atoms with Crippen molar-refractivity contribution in [1.29, 1.82) is 0 Å². The van der Waals surface area contributed by atoms with Gasteiger partial charge >= 0.3 is 0 Å². The topological polar surface area (TPSA) is 101 Å². The molecular weight excluding hydrogens is 428 g/mol. The highest BCUT2D eigenvalue weighted by molar-refractivity contribution is 8.18. The molecule has 9 heteroatoms. The lowest BCUT2D eigenvalue weighted by molar-refractivity contribution is -0.124. The lowest BCUT2D eigenvalue weighted by Crippen LogP contribution is -2.39. The molecule has 2 heterocycles. The van der Waals surface area contributed by atoms with Crippen LogP contribution in [0.25, 0.3) is 17.0 Å². The van der Waals surface area contributed by atoms with E-state index in [0.29, 0.717) is 15.8 Å². The fraction of sp³-hybridized carbons (Fsp3) is 0.174. The predicted octanol–water partition coefficient (Wildman–Crippen LogP) is 2.56. The van der Waals surface area contributed by atoms with Crippen molar-refractivity contribution < 1.29 is 14.4 Å². The van der Waals surface area contributed by atoms with Crippen LogP contribution in [0.1, 0.15) is 11.1 Å². The number of hydrogen-bond acceptors (Lipinski definition) is 6. The first-order valence-electron chi connectivity index (χ1n) is 9.95. The van der Waals surface area contributed by atoms with Gasteiger partial charge in [-0.05, 0) is 42.5 Å². The normalized spacial score (nSPS) is 15.0. The molecule has 4 rings (SSSR count). The molecule has 1 fully saturated rings. The lowest BCUT2D eigenvalue weighted by atomic mass is 10.1. The van der Waals surface area contributed by atoms with Gasteiger partial charge in [-0.1, -0.05) is 42.0 Å². The molecule has 1 aliphatic heterocycles. The number of fused-ring (bicyclic) bond motifs is 1. The predicted molar refractivity (Wildman–Crippen MR) is 123 cm³/mol. The van der Waals surface area contributed by atoms with Crippen LogP contribution in [0.4, 0.5) is 4.79 Å². The second-order valence-electron chi connectivity index (χ2n) is 7.29. The number of nitrogens with zero attached hydrogens (tertiary/aromatic N) is 3. The van der Waals surface area contributed by atoms with Gasteiger partial charge in [0.2, 0.25) is 5.91 Å². The summed E-state index contributed by atoms with van der Waals surface area (Å²) >= 11 is 0.877. The molecule has 0 bridgehead atoms. The Bertz CT molecular complexity index is 1300. The van der Waals surface area contributed by atoms with Crippen LogP contribution in [-0.2, 0) is 16.1 Å². The average molecular weight is 449 g/mol. The van der Waals surface area contributed by atoms with Crippen LogP contribution in [0.15, 0.2) is 64.6 Å². The highest BCUT2D eigenvalue weighted by atomic mass is 32.2. The molecule has 0 unspecified atom stereocenters. The number of aromatic nitrogens is 2. The van der Waals surface area contributed by atoms with Gasteiger partial charge in [0.1, 0.15) is 6.54 Å². The fourth-order valence-corrected chi connectivity index (χ4v) is 4.11. The minimum Gasteiger partial charge on any atom is -0.353 e. The molecule has 1 aromatic heterocycles. The molecule has 8 nitrogen and oxygen atoms in total. The number of amides is 3. The van der Waals surface area contributed by atoms with Crippen molar-refractivity contribution in [1.82, 2.24) is 19.8 Å². The van der Waals surface area contributed by atoms with Gasteiger partial charge in [0, 0.05) is 13.1 Å². The standard InChI is InChI=1S/C23H20N4O4S/c1-15-6-8-16(9-7-15)12-19-22(30)27(23(31)32-19)11-10-24-20(28)13-26-14-25-18-5-3-2-4-17(18)21(26)29/h2-9,12,14H,10-11,13H2,1H3,(H,24,28). The Labute approximate surface area is 187 Å². The molecule has 1 saturated heterocycles. The largest absolute Gasteiger partial charge is 0.353 e. The zero-order valence-electron chi connectivity index (χ0n) is 17.3. The van der Waals surface area contributed by atoms with Crippen molar-refractivity contribution in [3.8, 4) is 0 Å². The highest BCUT2D eigenvalue weighted by Gasteiger charge is 2.34. The first-order chi connectivity index (χ1) is 15.4. The summed E-state index contributed by atoms with van der Waals surface area (Å²) in [7, 11) is 0. The van der Waals surface area contributed by atoms with E-state index in [9.17, 15) is 19.2 Å². The van der Waals surface area contributed by atoms with Gasteiger partial charge in [-0.2, -0.15) is 0 Å². The molecule has 0 spiro atoms. The molecule has 2 aromatic carbocycles. The summed E-state index contributed by atoms with van der Waals surface area (Å²) in [4.78, 5) is 55.2. The van der Waals surface area contributed by atoms with Crippen LogP contribution in [-0.4, -0.2) is 44.6 Å². The van der Waals surface area contributed by atoms with Gasteiger partial charge in [-0.3, -0.25) is 28.6 Å². The van der Waals surface area contributed by atoms with Crippen molar-refractivity contribution in [2.75, 3.05) is 13.1 Å². The van der Waals surface area contributed by atoms with Crippen LogP contribution in [0, 0.1) is 6.92 Å². The molecule has 0 aliphatic carbocycles. The minimum absolute atomic E-state index is 0.0481. The maximum absolute atomic E-state index is 12.6. The van der Waals surface area contributed by atoms with Crippen LogP contribution in [0.2, 0.25) is 0 Å². The monoisotopic (exact) mass is 448 g/mol. The number of carbonyl (C=O) groups is 3. The number of rotatable bonds is 6. The van der Waals surface area contributed by atoms with Crippen LogP contribution in [0.5, 0.6) is 0 Å². The van der Waals surface area contributed by atoms with E-state index in [0.717, 1.165) is 27.8 Å². The fourth-order valence-electron chi connectivity index (χ4n) is 3.24. The summed E-state index contributed by atoms with van der Waals surface area (Å²) in [6.45, 7) is 1.90. The van der Waals surface area contributed by atoms with Crippen molar-refractivity contribution in [3.63, 3.8) is 0 Å². The summed E-state index contributed by atoms with van der Waals surface area (Å²) in [6, 6.07) is 14.5. The summed E-state index contributed by atoms with van der Waals surface area (Å²) in [5, 5.41) is 2.70. The van der Waals surface area contributed by atoms with Gasteiger partial charge in [-0.15, -0.1) is 0 Å². The number of carbonyl (C=O) groups excluding carboxylic acids is 3. The number of imide groups is 1. The Balaban J connectivity index is 1.34. The first kappa shape index (κ1) is 21.5. The maximum Gasteiger partial charge on any atom is 0.293 e. The van der Waals surface area contributed by atoms with E-state index in [2.05, 4.69) is 10.3 Å². The summed E-state index contributed by atoms with van der Waals surface area (Å²) < 4.78 is 1.22. The van der Waals surface area contributed by atoms with E-state index >= 15 is 0 Å². The number of benzene rings is 2. The van der Waals surface area contributed by atoms with Crippen LogP contribution < -0.4 is 10.9 Å². The number of aryl methyl sites for hydroxylation is 1. The zero-order chi connectivity index (χ0) is 22.7. The Morgan fingerprint density at radius 3 is 2.62 bits per heavy atom. The third-order valence-electron chi connectivity index (χ3n) is 4.95. The van der Waals surface area contributed by atoms with E-state index < -0.39 is 5.91 Å². The zero-order valence-corrected chi connectivity index (χ0v) is 18.1. The third-order valence-corrected chi connectivity index (χ3v) is 5.86. The minimum atomic E-state index is -0.411. The van der Waals surface area contributed by atoms with Gasteiger partial charge < -0.3 is 5.32 Å². The van der Waals surface area contributed by atoms with Crippen LogP contribution in [0.3, 0.4) is 0 Å². The molecule has 162 valence electrons. The van der Waals surface area contributed by atoms with E-state index in [1.807, 2.05) is 31.2 Å². The van der Waals surface area contributed by atoms with E-state index in [1.54, 1.807) is 30.3 Å². The molecule has 1 aliphatic rings. The SMILES string of the molecule is Cc1ccc(C=C2SC(=O)N(CCNC(=O)Cn3cnc4ccccc4c3=O)C2=O)cc1. The van der Waals surface area contributed by atoms with Gasteiger partial charge in [0.15, 0.2) is 0 Å². The van der Waals surface area contributed by atoms with Crippen LogP contribution >= 0.6 is 11.8 Å². The molecule has 3 aromatic rings. The Morgan fingerprint density at radius 1 is 1.09 bits per heavy atom. The molecular formula is C23H20N4O4S. The number of para-hydroxylation sites is 1. The van der Waals surface area contributed by atoms with Gasteiger partial charge in [0.25, 0.3) is 16.7 Å². The average Bonchev–Trinajstić information content (AvgIpc) is 3.05. The summed E-state index contributed by atoms with van der Waals surface area (Å²) in [6.07, 6.45) is 3.01. The lowest BCUT2D eigenvalue weighted by Gasteiger charge is -2.13. The Morgan fingerprint density at radius 2 is 1.84 bits per heavy atom. The molecule has 0 radical (unpaired) electrons. The molecule has 1 N–H and O–H groups in total. The number of hydrogen-bond donors (Lipinski definition) is 1. The second-order valence-corrected chi connectivity index (χ2v) is 8.28. The third kappa shape index (κ3) is 4.62. The first-order valence-corrected chi connectivity index (χ1v) is 10.8. The van der Waals surface area contributed by atoms with Gasteiger partial charge in [0.05, 0.1) is 22.1 Å². The van der Waals surface area contributed by atoms with Crippen molar-refractivity contribution in [3.05, 3.63) is 81.2 Å².